The third kappa shape index (κ3) is 3.83. The summed E-state index contributed by atoms with van der Waals surface area (Å²) in [7, 11) is 1.71. The summed E-state index contributed by atoms with van der Waals surface area (Å²) in [5, 5.41) is 0. The van der Waals surface area contributed by atoms with Crippen molar-refractivity contribution in [1.82, 2.24) is 9.97 Å². The van der Waals surface area contributed by atoms with E-state index in [0.29, 0.717) is 11.6 Å². The molecule has 8 heteroatoms. The van der Waals surface area contributed by atoms with E-state index in [2.05, 4.69) is 30.6 Å². The van der Waals surface area contributed by atoms with Crippen molar-refractivity contribution in [2.24, 2.45) is 0 Å². The van der Waals surface area contributed by atoms with Crippen molar-refractivity contribution >= 4 is 27.6 Å². The minimum atomic E-state index is -4.69. The molecule has 0 radical (unpaired) electrons. The lowest BCUT2D eigenvalue weighted by atomic mass is 10.3. The minimum absolute atomic E-state index is 0.272. The van der Waals surface area contributed by atoms with Crippen LogP contribution in [0.15, 0.2) is 41.1 Å². The van der Waals surface area contributed by atoms with Gasteiger partial charge in [0, 0.05) is 25.1 Å². The fourth-order valence-electron chi connectivity index (χ4n) is 1.47. The number of anilines is 2. The molecule has 2 rings (SSSR count). The van der Waals surface area contributed by atoms with E-state index in [0.717, 1.165) is 4.47 Å². The Balaban J connectivity index is 2.15. The maximum absolute atomic E-state index is 12.0. The zero-order valence-electron chi connectivity index (χ0n) is 10.2. The predicted molar refractivity (Wildman–Crippen MR) is 70.9 cm³/mol. The highest BCUT2D eigenvalue weighted by atomic mass is 79.9. The Bertz CT molecular complexity index is 572. The zero-order valence-corrected chi connectivity index (χ0v) is 11.8. The van der Waals surface area contributed by atoms with Gasteiger partial charge < -0.3 is 9.64 Å². The van der Waals surface area contributed by atoms with Crippen LogP contribution in [0.5, 0.6) is 5.75 Å². The molecular formula is C12H9BrF3N3O. The number of halogens is 4. The summed E-state index contributed by atoms with van der Waals surface area (Å²) in [5.74, 6) is 0.157. The molecule has 4 nitrogen and oxygen atoms in total. The lowest BCUT2D eigenvalue weighted by Crippen LogP contribution is -2.17. The minimum Gasteiger partial charge on any atom is -0.406 e. The Morgan fingerprint density at radius 1 is 1.10 bits per heavy atom. The van der Waals surface area contributed by atoms with Gasteiger partial charge in [-0.3, -0.25) is 0 Å². The molecule has 1 aromatic heterocycles. The van der Waals surface area contributed by atoms with Gasteiger partial charge in [0.2, 0.25) is 5.95 Å². The van der Waals surface area contributed by atoms with Gasteiger partial charge >= 0.3 is 6.36 Å². The molecule has 0 unspecified atom stereocenters. The molecule has 0 bridgehead atoms. The van der Waals surface area contributed by atoms with E-state index in [1.807, 2.05) is 0 Å². The maximum Gasteiger partial charge on any atom is 0.573 e. The molecule has 0 N–H and O–H groups in total. The lowest BCUT2D eigenvalue weighted by Gasteiger charge is -2.17. The normalized spacial score (nSPS) is 11.2. The summed E-state index contributed by atoms with van der Waals surface area (Å²) in [6, 6.07) is 5.45. The average molecular weight is 348 g/mol. The molecular weight excluding hydrogens is 339 g/mol. The first kappa shape index (κ1) is 14.6. The third-order valence-electron chi connectivity index (χ3n) is 2.36. The van der Waals surface area contributed by atoms with Crippen molar-refractivity contribution in [2.45, 2.75) is 6.36 Å². The number of benzene rings is 1. The largest absolute Gasteiger partial charge is 0.573 e. The summed E-state index contributed by atoms with van der Waals surface area (Å²) in [6.07, 6.45) is -1.53. The van der Waals surface area contributed by atoms with Gasteiger partial charge in [0.05, 0.1) is 4.47 Å². The van der Waals surface area contributed by atoms with Crippen molar-refractivity contribution in [2.75, 3.05) is 11.9 Å². The van der Waals surface area contributed by atoms with Crippen molar-refractivity contribution in [3.8, 4) is 5.75 Å². The van der Waals surface area contributed by atoms with Crippen LogP contribution in [0.25, 0.3) is 0 Å². The molecule has 1 aromatic carbocycles. The van der Waals surface area contributed by atoms with Gasteiger partial charge in [-0.1, -0.05) is 0 Å². The van der Waals surface area contributed by atoms with Crippen LogP contribution in [0.3, 0.4) is 0 Å². The van der Waals surface area contributed by atoms with Gasteiger partial charge in [0.25, 0.3) is 0 Å². The number of ether oxygens (including phenoxy) is 1. The molecule has 0 aliphatic rings. The number of hydrogen-bond donors (Lipinski definition) is 0. The number of nitrogens with zero attached hydrogens (tertiary/aromatic N) is 3. The quantitative estimate of drug-likeness (QED) is 0.843. The van der Waals surface area contributed by atoms with E-state index >= 15 is 0 Å². The fourth-order valence-corrected chi connectivity index (χ4v) is 1.67. The van der Waals surface area contributed by atoms with Gasteiger partial charge in [0.15, 0.2) is 0 Å². The highest BCUT2D eigenvalue weighted by Gasteiger charge is 2.31. The van der Waals surface area contributed by atoms with Crippen LogP contribution >= 0.6 is 15.9 Å². The third-order valence-corrected chi connectivity index (χ3v) is 2.77. The van der Waals surface area contributed by atoms with Crippen LogP contribution in [0, 0.1) is 0 Å². The molecule has 106 valence electrons. The van der Waals surface area contributed by atoms with Crippen molar-refractivity contribution in [3.05, 3.63) is 41.1 Å². The Hall–Kier alpha value is -1.83. The average Bonchev–Trinajstić information content (AvgIpc) is 2.38. The summed E-state index contributed by atoms with van der Waals surface area (Å²) in [4.78, 5) is 9.83. The van der Waals surface area contributed by atoms with Crippen LogP contribution < -0.4 is 9.64 Å². The standard InChI is InChI=1S/C12H9BrF3N3O/c1-19(11-17-6-8(13)7-18-11)9-2-4-10(5-3-9)20-12(14,15)16/h2-7H,1H3. The van der Waals surface area contributed by atoms with E-state index in [1.165, 1.54) is 24.3 Å². The van der Waals surface area contributed by atoms with Crippen LogP contribution in [0.1, 0.15) is 0 Å². The number of aromatic nitrogens is 2. The summed E-state index contributed by atoms with van der Waals surface area (Å²) < 4.78 is 40.7. The Labute approximate surface area is 121 Å². The maximum atomic E-state index is 12.0. The second-order valence-electron chi connectivity index (χ2n) is 3.80. The summed E-state index contributed by atoms with van der Waals surface area (Å²) >= 11 is 3.22. The Morgan fingerprint density at radius 3 is 2.15 bits per heavy atom. The predicted octanol–water partition coefficient (Wildman–Crippen LogP) is 3.91. The molecule has 0 saturated carbocycles. The van der Waals surface area contributed by atoms with E-state index in [1.54, 1.807) is 24.3 Å². The number of alkyl halides is 3. The first-order valence-corrected chi connectivity index (χ1v) is 6.21. The lowest BCUT2D eigenvalue weighted by molar-refractivity contribution is -0.274. The van der Waals surface area contributed by atoms with Crippen molar-refractivity contribution < 1.29 is 17.9 Å². The first-order chi connectivity index (χ1) is 9.35. The molecule has 0 aliphatic carbocycles. The molecule has 0 atom stereocenters. The van der Waals surface area contributed by atoms with Crippen LogP contribution in [0.4, 0.5) is 24.8 Å². The Morgan fingerprint density at radius 2 is 1.65 bits per heavy atom. The number of hydrogen-bond acceptors (Lipinski definition) is 4. The zero-order chi connectivity index (χ0) is 14.8. The molecule has 0 aliphatic heterocycles. The van der Waals surface area contributed by atoms with Crippen LogP contribution in [-0.2, 0) is 0 Å². The first-order valence-electron chi connectivity index (χ1n) is 5.42. The van der Waals surface area contributed by atoms with Crippen molar-refractivity contribution in [3.63, 3.8) is 0 Å². The van der Waals surface area contributed by atoms with Crippen LogP contribution in [-0.4, -0.2) is 23.4 Å². The highest BCUT2D eigenvalue weighted by Crippen LogP contribution is 2.26. The monoisotopic (exact) mass is 347 g/mol. The molecule has 0 fully saturated rings. The van der Waals surface area contributed by atoms with Gasteiger partial charge in [-0.25, -0.2) is 9.97 Å². The van der Waals surface area contributed by atoms with Crippen LogP contribution in [0.2, 0.25) is 0 Å². The smallest absolute Gasteiger partial charge is 0.406 e. The molecule has 1 heterocycles. The highest BCUT2D eigenvalue weighted by molar-refractivity contribution is 9.10. The Kier molecular flexibility index (Phi) is 4.12. The fraction of sp³-hybridized carbons (Fsp3) is 0.167. The molecule has 2 aromatic rings. The van der Waals surface area contributed by atoms with Gasteiger partial charge in [-0.2, -0.15) is 0 Å². The SMILES string of the molecule is CN(c1ccc(OC(F)(F)F)cc1)c1ncc(Br)cn1. The van der Waals surface area contributed by atoms with Gasteiger partial charge in [0.1, 0.15) is 5.75 Å². The summed E-state index contributed by atoms with van der Waals surface area (Å²) in [6.45, 7) is 0. The second kappa shape index (κ2) is 5.66. The van der Waals surface area contributed by atoms with E-state index in [9.17, 15) is 13.2 Å². The van der Waals surface area contributed by atoms with E-state index < -0.39 is 6.36 Å². The van der Waals surface area contributed by atoms with Crippen molar-refractivity contribution in [1.29, 1.82) is 0 Å². The van der Waals surface area contributed by atoms with E-state index in [4.69, 9.17) is 0 Å². The molecule has 0 saturated heterocycles. The van der Waals surface area contributed by atoms with Gasteiger partial charge in [-0.05, 0) is 40.2 Å². The second-order valence-corrected chi connectivity index (χ2v) is 4.72. The topological polar surface area (TPSA) is 38.2 Å². The van der Waals surface area contributed by atoms with Gasteiger partial charge in [-0.15, -0.1) is 13.2 Å². The van der Waals surface area contributed by atoms with E-state index in [-0.39, 0.29) is 5.75 Å². The molecule has 0 amide bonds. The molecule has 20 heavy (non-hydrogen) atoms. The number of rotatable bonds is 3. The summed E-state index contributed by atoms with van der Waals surface area (Å²) in [5.41, 5.74) is 0.641. The molecule has 0 spiro atoms.